The van der Waals surface area contributed by atoms with Crippen LogP contribution >= 0.6 is 0 Å². The van der Waals surface area contributed by atoms with E-state index in [1.165, 1.54) is 5.57 Å². The first-order valence-electron chi connectivity index (χ1n) is 3.64. The lowest BCUT2D eigenvalue weighted by molar-refractivity contribution is 1.03. The van der Waals surface area contributed by atoms with Crippen LogP contribution in [-0.2, 0) is 0 Å². The molecule has 9 heavy (non-hydrogen) atoms. The number of hydrogen-bond donors (Lipinski definition) is 0. The van der Waals surface area contributed by atoms with Crippen molar-refractivity contribution in [3.8, 4) is 0 Å². The van der Waals surface area contributed by atoms with Gasteiger partial charge < -0.3 is 0 Å². The molecule has 1 unspecified atom stereocenters. The van der Waals surface area contributed by atoms with Gasteiger partial charge >= 0.3 is 0 Å². The standard InChI is InChI=1S/C9H14/c1-4-5-7(2)9-6-8(9)3/h5-6,8H,4H2,1-3H3. The highest BCUT2D eigenvalue weighted by molar-refractivity contribution is 5.44. The number of rotatable bonds is 2. The summed E-state index contributed by atoms with van der Waals surface area (Å²) < 4.78 is 0. The summed E-state index contributed by atoms with van der Waals surface area (Å²) in [5.41, 5.74) is 3.03. The Balaban J connectivity index is 2.45. The second kappa shape index (κ2) is 2.38. The Kier molecular flexibility index (Phi) is 1.75. The van der Waals surface area contributed by atoms with E-state index in [1.54, 1.807) is 5.57 Å². The highest BCUT2D eigenvalue weighted by Gasteiger charge is 2.19. The Hall–Kier alpha value is -0.520. The van der Waals surface area contributed by atoms with Crippen LogP contribution in [0.1, 0.15) is 27.2 Å². The van der Waals surface area contributed by atoms with Gasteiger partial charge in [0, 0.05) is 0 Å². The van der Waals surface area contributed by atoms with Gasteiger partial charge in [0.05, 0.1) is 0 Å². The van der Waals surface area contributed by atoms with Crippen LogP contribution < -0.4 is 0 Å². The minimum absolute atomic E-state index is 0.771. The van der Waals surface area contributed by atoms with Crippen molar-refractivity contribution < 1.29 is 0 Å². The maximum atomic E-state index is 2.31. The molecule has 0 radical (unpaired) electrons. The van der Waals surface area contributed by atoms with Crippen LogP contribution in [0.15, 0.2) is 23.3 Å². The maximum absolute atomic E-state index is 2.31. The molecule has 0 aromatic rings. The highest BCUT2D eigenvalue weighted by Crippen LogP contribution is 2.34. The predicted molar refractivity (Wildman–Crippen MR) is 41.3 cm³/mol. The quantitative estimate of drug-likeness (QED) is 0.528. The van der Waals surface area contributed by atoms with Crippen molar-refractivity contribution >= 4 is 0 Å². The Labute approximate surface area is 57.3 Å². The maximum Gasteiger partial charge on any atom is -0.000474 e. The monoisotopic (exact) mass is 122 g/mol. The topological polar surface area (TPSA) is 0 Å². The first-order valence-corrected chi connectivity index (χ1v) is 3.64. The molecule has 0 spiro atoms. The number of hydrogen-bond acceptors (Lipinski definition) is 0. The third kappa shape index (κ3) is 1.44. The van der Waals surface area contributed by atoms with Gasteiger partial charge in [-0.05, 0) is 24.8 Å². The third-order valence-corrected chi connectivity index (χ3v) is 1.78. The lowest BCUT2D eigenvalue weighted by Crippen LogP contribution is -1.74. The molecule has 0 aliphatic heterocycles. The lowest BCUT2D eigenvalue weighted by atomic mass is 10.1. The van der Waals surface area contributed by atoms with Gasteiger partial charge in [-0.1, -0.05) is 31.6 Å². The third-order valence-electron chi connectivity index (χ3n) is 1.78. The van der Waals surface area contributed by atoms with E-state index in [1.807, 2.05) is 0 Å². The molecule has 0 aromatic heterocycles. The molecule has 0 heterocycles. The minimum atomic E-state index is 0.771. The van der Waals surface area contributed by atoms with Gasteiger partial charge in [-0.2, -0.15) is 0 Å². The molecule has 0 nitrogen and oxygen atoms in total. The molecule has 0 amide bonds. The van der Waals surface area contributed by atoms with E-state index in [-0.39, 0.29) is 0 Å². The molecule has 1 aliphatic carbocycles. The summed E-state index contributed by atoms with van der Waals surface area (Å²) in [6.07, 6.45) is 5.76. The Morgan fingerprint density at radius 1 is 1.78 bits per heavy atom. The molecule has 0 N–H and O–H groups in total. The average Bonchev–Trinajstić information content (AvgIpc) is 2.47. The van der Waals surface area contributed by atoms with Gasteiger partial charge in [0.1, 0.15) is 0 Å². The van der Waals surface area contributed by atoms with Crippen molar-refractivity contribution in [2.45, 2.75) is 27.2 Å². The Morgan fingerprint density at radius 2 is 2.33 bits per heavy atom. The normalized spacial score (nSPS) is 25.9. The predicted octanol–water partition coefficient (Wildman–Crippen LogP) is 2.92. The van der Waals surface area contributed by atoms with Crippen molar-refractivity contribution in [2.75, 3.05) is 0 Å². The van der Waals surface area contributed by atoms with Gasteiger partial charge in [-0.15, -0.1) is 0 Å². The summed E-state index contributed by atoms with van der Waals surface area (Å²) in [6, 6.07) is 0. The SMILES string of the molecule is CCC=C(C)C1=CC1C. The summed E-state index contributed by atoms with van der Waals surface area (Å²) in [7, 11) is 0. The molecule has 0 saturated carbocycles. The molecule has 50 valence electrons. The fourth-order valence-corrected chi connectivity index (χ4v) is 1.14. The highest BCUT2D eigenvalue weighted by atomic mass is 14.2. The summed E-state index contributed by atoms with van der Waals surface area (Å²) in [5, 5.41) is 0. The minimum Gasteiger partial charge on any atom is -0.0816 e. The second-order valence-corrected chi connectivity index (χ2v) is 2.71. The van der Waals surface area contributed by atoms with E-state index in [4.69, 9.17) is 0 Å². The van der Waals surface area contributed by atoms with E-state index < -0.39 is 0 Å². The van der Waals surface area contributed by atoms with Gasteiger partial charge in [-0.25, -0.2) is 0 Å². The van der Waals surface area contributed by atoms with Crippen molar-refractivity contribution in [1.82, 2.24) is 0 Å². The van der Waals surface area contributed by atoms with Crippen LogP contribution in [0.2, 0.25) is 0 Å². The molecular weight excluding hydrogens is 108 g/mol. The van der Waals surface area contributed by atoms with Crippen molar-refractivity contribution in [2.24, 2.45) is 5.92 Å². The van der Waals surface area contributed by atoms with Crippen LogP contribution in [0.25, 0.3) is 0 Å². The molecule has 0 saturated heterocycles. The van der Waals surface area contributed by atoms with E-state index in [0.29, 0.717) is 0 Å². The van der Waals surface area contributed by atoms with Gasteiger partial charge in [0.2, 0.25) is 0 Å². The Bertz CT molecular complexity index is 161. The molecule has 0 aromatic carbocycles. The first kappa shape index (κ1) is 6.60. The largest absolute Gasteiger partial charge is 0.0816 e. The summed E-state index contributed by atoms with van der Waals surface area (Å²) in [6.45, 7) is 6.61. The van der Waals surface area contributed by atoms with Crippen LogP contribution in [0, 0.1) is 5.92 Å². The van der Waals surface area contributed by atoms with E-state index >= 15 is 0 Å². The molecule has 1 atom stereocenters. The molecule has 0 heteroatoms. The zero-order chi connectivity index (χ0) is 6.85. The van der Waals surface area contributed by atoms with Crippen LogP contribution in [0.3, 0.4) is 0 Å². The molecule has 0 bridgehead atoms. The zero-order valence-corrected chi connectivity index (χ0v) is 6.44. The van der Waals surface area contributed by atoms with Crippen molar-refractivity contribution in [3.05, 3.63) is 23.3 Å². The zero-order valence-electron chi connectivity index (χ0n) is 6.44. The fraction of sp³-hybridized carbons (Fsp3) is 0.556. The van der Waals surface area contributed by atoms with E-state index in [9.17, 15) is 0 Å². The number of allylic oxidation sites excluding steroid dienone is 4. The van der Waals surface area contributed by atoms with Crippen LogP contribution in [-0.4, -0.2) is 0 Å². The first-order chi connectivity index (χ1) is 4.25. The summed E-state index contributed by atoms with van der Waals surface area (Å²) in [4.78, 5) is 0. The van der Waals surface area contributed by atoms with E-state index in [0.717, 1.165) is 12.3 Å². The average molecular weight is 122 g/mol. The Morgan fingerprint density at radius 3 is 2.67 bits per heavy atom. The van der Waals surface area contributed by atoms with E-state index in [2.05, 4.69) is 32.9 Å². The molecule has 1 rings (SSSR count). The fourth-order valence-electron chi connectivity index (χ4n) is 1.14. The van der Waals surface area contributed by atoms with Gasteiger partial charge in [0.25, 0.3) is 0 Å². The van der Waals surface area contributed by atoms with Crippen molar-refractivity contribution in [3.63, 3.8) is 0 Å². The molecule has 1 aliphatic rings. The van der Waals surface area contributed by atoms with Crippen molar-refractivity contribution in [1.29, 1.82) is 0 Å². The molecule has 0 fully saturated rings. The molecular formula is C9H14. The summed E-state index contributed by atoms with van der Waals surface area (Å²) in [5.74, 6) is 0.771. The summed E-state index contributed by atoms with van der Waals surface area (Å²) >= 11 is 0. The smallest absolute Gasteiger partial charge is 0.000474 e. The lowest BCUT2D eigenvalue weighted by Gasteiger charge is -1.91. The van der Waals surface area contributed by atoms with Gasteiger partial charge in [0.15, 0.2) is 0 Å². The van der Waals surface area contributed by atoms with Crippen LogP contribution in [0.4, 0.5) is 0 Å². The van der Waals surface area contributed by atoms with Gasteiger partial charge in [-0.3, -0.25) is 0 Å². The second-order valence-electron chi connectivity index (χ2n) is 2.71. The van der Waals surface area contributed by atoms with Crippen LogP contribution in [0.5, 0.6) is 0 Å².